The van der Waals surface area contributed by atoms with E-state index in [1.54, 1.807) is 0 Å². The zero-order valence-electron chi connectivity index (χ0n) is 29.8. The molecule has 52 heavy (non-hydrogen) atoms. The van der Waals surface area contributed by atoms with E-state index >= 15 is 4.79 Å². The minimum Gasteiger partial charge on any atom is -0.488 e. The highest BCUT2D eigenvalue weighted by Gasteiger charge is 2.47. The maximum atomic E-state index is 15.7. The van der Waals surface area contributed by atoms with Gasteiger partial charge in [0.05, 0.1) is 6.04 Å². The first kappa shape index (κ1) is 34.5. The van der Waals surface area contributed by atoms with Crippen molar-refractivity contribution in [2.45, 2.75) is 50.2 Å². The summed E-state index contributed by atoms with van der Waals surface area (Å²) >= 11 is 0. The number of hydrogen-bond donors (Lipinski definition) is 1. The molecule has 0 aliphatic heterocycles. The molecule has 0 aromatic heterocycles. The van der Waals surface area contributed by atoms with Crippen molar-refractivity contribution in [1.82, 2.24) is 5.32 Å². The van der Waals surface area contributed by atoms with Gasteiger partial charge in [0.15, 0.2) is 5.78 Å². The molecule has 0 spiro atoms. The number of ketones is 1. The summed E-state index contributed by atoms with van der Waals surface area (Å²) in [6, 6.07) is 52.7. The number of Topliss-reactive ketones (excluding diaryl/α,β-unsaturated/α-hetero) is 1. The van der Waals surface area contributed by atoms with Gasteiger partial charge in [-0.05, 0) is 83.8 Å². The average Bonchev–Trinajstić information content (AvgIpc) is 3.49. The highest BCUT2D eigenvalue weighted by atomic mass is 16.5. The summed E-state index contributed by atoms with van der Waals surface area (Å²) in [6.45, 7) is 6.15. The van der Waals surface area contributed by atoms with Crippen molar-refractivity contribution in [3.8, 4) is 16.9 Å². The molecule has 0 saturated carbocycles. The van der Waals surface area contributed by atoms with Crippen molar-refractivity contribution < 1.29 is 19.1 Å². The van der Waals surface area contributed by atoms with Gasteiger partial charge in [0, 0.05) is 5.92 Å². The van der Waals surface area contributed by atoms with Gasteiger partial charge in [-0.3, -0.25) is 4.79 Å². The summed E-state index contributed by atoms with van der Waals surface area (Å²) in [5, 5.41) is 3.06. The van der Waals surface area contributed by atoms with Crippen molar-refractivity contribution in [2.75, 3.05) is 6.61 Å². The SMILES string of the molecule is CC(C)(C)Oc1ccc(C[C@H](NC(=O)OCC2c3ccccc3-c3ccccc32)C(=O)C(c2ccccc2)(c2ccccc2)c2ccccc2)cc1. The second kappa shape index (κ2) is 14.7. The molecule has 0 unspecified atom stereocenters. The summed E-state index contributed by atoms with van der Waals surface area (Å²) in [7, 11) is 0. The molecule has 1 atom stereocenters. The van der Waals surface area contributed by atoms with Crippen molar-refractivity contribution in [3.63, 3.8) is 0 Å². The lowest BCUT2D eigenvalue weighted by Crippen LogP contribution is -2.52. The van der Waals surface area contributed by atoms with Crippen molar-refractivity contribution in [3.05, 3.63) is 197 Å². The topological polar surface area (TPSA) is 64.6 Å². The van der Waals surface area contributed by atoms with Gasteiger partial charge in [-0.15, -0.1) is 0 Å². The van der Waals surface area contributed by atoms with E-state index in [-0.39, 0.29) is 30.3 Å². The van der Waals surface area contributed by atoms with Crippen LogP contribution in [0.15, 0.2) is 164 Å². The first-order valence-electron chi connectivity index (χ1n) is 17.8. The number of hydrogen-bond acceptors (Lipinski definition) is 4. The second-order valence-corrected chi connectivity index (χ2v) is 14.3. The molecule has 0 saturated heterocycles. The molecular formula is C47H43NO4. The van der Waals surface area contributed by atoms with E-state index < -0.39 is 17.6 Å². The highest BCUT2D eigenvalue weighted by Crippen LogP contribution is 2.45. The van der Waals surface area contributed by atoms with Gasteiger partial charge in [0.1, 0.15) is 23.4 Å². The summed E-state index contributed by atoms with van der Waals surface area (Å²) in [5.74, 6) is 0.454. The van der Waals surface area contributed by atoms with Gasteiger partial charge < -0.3 is 14.8 Å². The van der Waals surface area contributed by atoms with Crippen molar-refractivity contribution in [2.24, 2.45) is 0 Å². The number of alkyl carbamates (subject to hydrolysis) is 1. The highest BCUT2D eigenvalue weighted by molar-refractivity contribution is 6.02. The number of rotatable bonds is 11. The first-order valence-corrected chi connectivity index (χ1v) is 17.8. The van der Waals surface area contributed by atoms with Crippen LogP contribution in [-0.4, -0.2) is 30.1 Å². The molecule has 1 N–H and O–H groups in total. The lowest BCUT2D eigenvalue weighted by molar-refractivity contribution is -0.124. The molecule has 0 radical (unpaired) electrons. The predicted molar refractivity (Wildman–Crippen MR) is 207 cm³/mol. The van der Waals surface area contributed by atoms with Crippen LogP contribution in [0.25, 0.3) is 11.1 Å². The molecule has 0 heterocycles. The fraction of sp³-hybridized carbons (Fsp3) is 0.191. The number of amides is 1. The van der Waals surface area contributed by atoms with Crippen LogP contribution in [-0.2, 0) is 21.4 Å². The van der Waals surface area contributed by atoms with E-state index in [1.165, 1.54) is 0 Å². The fourth-order valence-corrected chi connectivity index (χ4v) is 7.53. The molecule has 0 bridgehead atoms. The Morgan fingerprint density at radius 1 is 0.596 bits per heavy atom. The normalized spacial score (nSPS) is 13.1. The molecular weight excluding hydrogens is 643 g/mol. The van der Waals surface area contributed by atoms with E-state index in [0.29, 0.717) is 0 Å². The Morgan fingerprint density at radius 3 is 1.50 bits per heavy atom. The third-order valence-electron chi connectivity index (χ3n) is 9.73. The summed E-state index contributed by atoms with van der Waals surface area (Å²) in [5.41, 5.74) is 6.27. The number of fused-ring (bicyclic) bond motifs is 3. The Morgan fingerprint density at radius 2 is 1.04 bits per heavy atom. The van der Waals surface area contributed by atoms with Gasteiger partial charge in [-0.1, -0.05) is 152 Å². The Hall–Kier alpha value is -5.94. The molecule has 6 aromatic carbocycles. The maximum absolute atomic E-state index is 15.7. The molecule has 1 aliphatic rings. The monoisotopic (exact) mass is 685 g/mol. The van der Waals surface area contributed by atoms with Crippen LogP contribution in [0.1, 0.15) is 60.1 Å². The van der Waals surface area contributed by atoms with Gasteiger partial charge in [0.25, 0.3) is 0 Å². The molecule has 5 nitrogen and oxygen atoms in total. The molecule has 0 fully saturated rings. The number of carbonyl (C=O) groups excluding carboxylic acids is 2. The van der Waals surface area contributed by atoms with Crippen LogP contribution in [0.2, 0.25) is 0 Å². The van der Waals surface area contributed by atoms with Crippen LogP contribution < -0.4 is 10.1 Å². The minimum atomic E-state index is -1.24. The minimum absolute atomic E-state index is 0.111. The van der Waals surface area contributed by atoms with E-state index in [2.05, 4.69) is 29.6 Å². The number of carbonyl (C=O) groups is 2. The molecule has 6 aromatic rings. The number of ether oxygens (including phenoxy) is 2. The van der Waals surface area contributed by atoms with Crippen LogP contribution in [0.3, 0.4) is 0 Å². The quantitative estimate of drug-likeness (QED) is 0.138. The largest absolute Gasteiger partial charge is 0.488 e. The van der Waals surface area contributed by atoms with E-state index in [0.717, 1.165) is 50.3 Å². The Balaban J connectivity index is 1.26. The van der Waals surface area contributed by atoms with Crippen LogP contribution in [0.4, 0.5) is 4.79 Å². The van der Waals surface area contributed by atoms with Gasteiger partial charge >= 0.3 is 6.09 Å². The summed E-state index contributed by atoms with van der Waals surface area (Å²) in [6.07, 6.45) is -0.399. The number of benzene rings is 6. The van der Waals surface area contributed by atoms with E-state index in [1.807, 2.05) is 160 Å². The van der Waals surface area contributed by atoms with Crippen LogP contribution in [0.5, 0.6) is 5.75 Å². The lowest BCUT2D eigenvalue weighted by Gasteiger charge is -2.37. The standard InChI is InChI=1S/C47H43NO4/c1-46(2,3)52-37-29-27-33(28-30-37)31-43(48-45(50)51-32-42-40-25-15-13-23-38(40)39-24-14-16-26-41(39)42)44(49)47(34-17-7-4-8-18-34,35-19-9-5-10-20-35)36-21-11-6-12-22-36/h4-30,42-43H,31-32H2,1-3H3,(H,48,50)/t43-/m0/s1. The van der Waals surface area contributed by atoms with Gasteiger partial charge in [0.2, 0.25) is 0 Å². The van der Waals surface area contributed by atoms with Crippen molar-refractivity contribution in [1.29, 1.82) is 0 Å². The van der Waals surface area contributed by atoms with E-state index in [9.17, 15) is 4.79 Å². The average molecular weight is 686 g/mol. The zero-order valence-corrected chi connectivity index (χ0v) is 29.8. The van der Waals surface area contributed by atoms with E-state index in [4.69, 9.17) is 9.47 Å². The van der Waals surface area contributed by atoms with Crippen molar-refractivity contribution >= 4 is 11.9 Å². The molecule has 5 heteroatoms. The third-order valence-corrected chi connectivity index (χ3v) is 9.73. The molecule has 1 amide bonds. The summed E-state index contributed by atoms with van der Waals surface area (Å²) < 4.78 is 12.1. The first-order chi connectivity index (χ1) is 25.2. The van der Waals surface area contributed by atoms with Crippen LogP contribution in [0, 0.1) is 0 Å². The summed E-state index contributed by atoms with van der Waals surface area (Å²) in [4.78, 5) is 29.6. The fourth-order valence-electron chi connectivity index (χ4n) is 7.53. The Bertz CT molecular complexity index is 2000. The maximum Gasteiger partial charge on any atom is 0.407 e. The zero-order chi connectivity index (χ0) is 36.1. The Kier molecular flexibility index (Phi) is 9.78. The third kappa shape index (κ3) is 7.00. The van der Waals surface area contributed by atoms with Gasteiger partial charge in [-0.25, -0.2) is 4.79 Å². The predicted octanol–water partition coefficient (Wildman–Crippen LogP) is 9.92. The smallest absolute Gasteiger partial charge is 0.407 e. The van der Waals surface area contributed by atoms with Gasteiger partial charge in [-0.2, -0.15) is 0 Å². The molecule has 1 aliphatic carbocycles. The van der Waals surface area contributed by atoms with Crippen LogP contribution >= 0.6 is 0 Å². The lowest BCUT2D eigenvalue weighted by atomic mass is 9.64. The Labute approximate surface area is 306 Å². The number of nitrogens with one attached hydrogen (secondary N) is 1. The molecule has 7 rings (SSSR count). The molecule has 260 valence electrons. The second-order valence-electron chi connectivity index (χ2n) is 14.3.